The normalized spacial score (nSPS) is 11.8. The van der Waals surface area contributed by atoms with Crippen molar-refractivity contribution in [1.29, 1.82) is 0 Å². The van der Waals surface area contributed by atoms with Crippen LogP contribution >= 0.6 is 0 Å². The van der Waals surface area contributed by atoms with Gasteiger partial charge in [-0.2, -0.15) is 0 Å². The summed E-state index contributed by atoms with van der Waals surface area (Å²) in [6, 6.07) is 19.3. The van der Waals surface area contributed by atoms with Crippen molar-refractivity contribution in [2.45, 2.75) is 13.3 Å². The average molecular weight is 277 g/mol. The smallest absolute Gasteiger partial charge is 0.360 e. The van der Waals surface area contributed by atoms with Gasteiger partial charge in [0.25, 0.3) is 0 Å². The monoisotopic (exact) mass is 277 g/mol. The molecule has 1 heterocycles. The van der Waals surface area contributed by atoms with Gasteiger partial charge < -0.3 is 5.11 Å². The molecule has 0 radical (unpaired) electrons. The van der Waals surface area contributed by atoms with E-state index in [0.717, 1.165) is 34.3 Å². The number of phenolic OH excluding ortho intramolecular Hbond substituents is 1. The third-order valence-corrected chi connectivity index (χ3v) is 3.52. The number of hydrogen-bond acceptors (Lipinski definition) is 1. The molecule has 0 aliphatic carbocycles. The average Bonchev–Trinajstić information content (AvgIpc) is 2.54. The van der Waals surface area contributed by atoms with E-state index in [1.54, 1.807) is 6.07 Å². The minimum absolute atomic E-state index is 0.282. The molecule has 0 unspecified atom stereocenters. The summed E-state index contributed by atoms with van der Waals surface area (Å²) in [6.07, 6.45) is 2.80. The van der Waals surface area contributed by atoms with Gasteiger partial charge in [-0.25, -0.2) is 4.42 Å². The molecule has 0 spiro atoms. The first-order chi connectivity index (χ1) is 10.3. The maximum Gasteiger partial charge on any atom is 0.360 e. The van der Waals surface area contributed by atoms with Crippen molar-refractivity contribution < 1.29 is 9.52 Å². The Morgan fingerprint density at radius 3 is 2.57 bits per heavy atom. The van der Waals surface area contributed by atoms with E-state index >= 15 is 0 Å². The highest BCUT2D eigenvalue weighted by Gasteiger charge is 2.16. The van der Waals surface area contributed by atoms with Gasteiger partial charge in [-0.15, -0.1) is 0 Å². The van der Waals surface area contributed by atoms with Gasteiger partial charge in [0.1, 0.15) is 5.75 Å². The van der Waals surface area contributed by atoms with Crippen LogP contribution in [0, 0.1) is 0 Å². The van der Waals surface area contributed by atoms with Crippen LogP contribution in [0.5, 0.6) is 5.75 Å². The summed E-state index contributed by atoms with van der Waals surface area (Å²) in [4.78, 5) is 0. The topological polar surface area (TPSA) is 31.5 Å². The zero-order valence-corrected chi connectivity index (χ0v) is 11.9. The second-order valence-corrected chi connectivity index (χ2v) is 4.92. The summed E-state index contributed by atoms with van der Waals surface area (Å²) in [5.74, 6) is 1.11. The van der Waals surface area contributed by atoms with E-state index in [9.17, 15) is 5.11 Å². The first-order valence-corrected chi connectivity index (χ1v) is 7.09. The van der Waals surface area contributed by atoms with Crippen molar-refractivity contribution in [2.75, 3.05) is 0 Å². The summed E-state index contributed by atoms with van der Waals surface area (Å²) in [5.41, 5.74) is 2.73. The highest BCUT2D eigenvalue weighted by atomic mass is 16.3. The van der Waals surface area contributed by atoms with Crippen LogP contribution < -0.4 is 0 Å². The lowest BCUT2D eigenvalue weighted by Crippen LogP contribution is -1.85. The first kappa shape index (κ1) is 13.4. The molecule has 2 nitrogen and oxygen atoms in total. The second-order valence-electron chi connectivity index (χ2n) is 4.92. The van der Waals surface area contributed by atoms with Gasteiger partial charge in [-0.05, 0) is 30.7 Å². The van der Waals surface area contributed by atoms with Crippen LogP contribution in [-0.2, 0) is 0 Å². The van der Waals surface area contributed by atoms with E-state index in [1.165, 1.54) is 0 Å². The molecule has 21 heavy (non-hydrogen) atoms. The predicted octanol–water partition coefficient (Wildman–Crippen LogP) is 5.37. The third-order valence-electron chi connectivity index (χ3n) is 3.52. The van der Waals surface area contributed by atoms with Gasteiger partial charge >= 0.3 is 11.3 Å². The van der Waals surface area contributed by atoms with Gasteiger partial charge in [0.15, 0.2) is 0 Å². The number of benzene rings is 2. The van der Waals surface area contributed by atoms with E-state index in [-0.39, 0.29) is 5.75 Å². The van der Waals surface area contributed by atoms with Gasteiger partial charge in [-0.1, -0.05) is 37.3 Å². The molecule has 3 aromatic rings. The SMILES string of the molecule is CC/C(=C/c1ccccc1O)c1ccc2ccccc2[o+]1. The number of phenols is 1. The lowest BCUT2D eigenvalue weighted by Gasteiger charge is -2.00. The molecule has 0 amide bonds. The molecule has 1 aromatic heterocycles. The van der Waals surface area contributed by atoms with Crippen LogP contribution in [0.2, 0.25) is 0 Å². The molecule has 0 saturated heterocycles. The number of para-hydroxylation sites is 2. The van der Waals surface area contributed by atoms with Gasteiger partial charge in [-0.3, -0.25) is 0 Å². The fourth-order valence-electron chi connectivity index (χ4n) is 2.35. The fraction of sp³-hybridized carbons (Fsp3) is 0.105. The molecule has 104 valence electrons. The lowest BCUT2D eigenvalue weighted by molar-refractivity contribution is 0.474. The Balaban J connectivity index is 2.07. The third kappa shape index (κ3) is 2.79. The summed E-state index contributed by atoms with van der Waals surface area (Å²) < 4.78 is 5.98. The molecule has 0 fully saturated rings. The maximum absolute atomic E-state index is 9.90. The Morgan fingerprint density at radius 1 is 1.00 bits per heavy atom. The van der Waals surface area contributed by atoms with E-state index in [4.69, 9.17) is 4.42 Å². The molecule has 2 heteroatoms. The summed E-state index contributed by atoms with van der Waals surface area (Å²) in [7, 11) is 0. The maximum atomic E-state index is 9.90. The Hall–Kier alpha value is -2.61. The van der Waals surface area contributed by atoms with Crippen molar-refractivity contribution in [3.05, 3.63) is 72.0 Å². The van der Waals surface area contributed by atoms with Crippen LogP contribution in [-0.4, -0.2) is 5.11 Å². The molecule has 0 aliphatic rings. The zero-order chi connectivity index (χ0) is 14.7. The van der Waals surface area contributed by atoms with Gasteiger partial charge in [0.05, 0.1) is 11.0 Å². The standard InChI is InChI=1S/C19H16O2/c1-2-14(13-16-8-3-5-9-17(16)20)19-12-11-15-7-4-6-10-18(15)21-19/h3-13H,2H2,1H3/p+1/b14-13-. The van der Waals surface area contributed by atoms with Gasteiger partial charge in [0.2, 0.25) is 0 Å². The molecule has 1 N–H and O–H groups in total. The van der Waals surface area contributed by atoms with Gasteiger partial charge in [0, 0.05) is 17.7 Å². The van der Waals surface area contributed by atoms with Crippen molar-refractivity contribution in [1.82, 2.24) is 0 Å². The Labute approximate surface area is 124 Å². The summed E-state index contributed by atoms with van der Waals surface area (Å²) in [6.45, 7) is 2.08. The molecule has 2 aromatic carbocycles. The predicted molar refractivity (Wildman–Crippen MR) is 86.9 cm³/mol. The molecular weight excluding hydrogens is 260 g/mol. The number of rotatable bonds is 3. The molecule has 3 rings (SSSR count). The Morgan fingerprint density at radius 2 is 1.76 bits per heavy atom. The summed E-state index contributed by atoms with van der Waals surface area (Å²) in [5, 5.41) is 11.0. The van der Waals surface area contributed by atoms with Crippen LogP contribution in [0.25, 0.3) is 22.6 Å². The Bertz CT molecular complexity index is 803. The zero-order valence-electron chi connectivity index (χ0n) is 11.9. The molecule has 0 saturated carbocycles. The lowest BCUT2D eigenvalue weighted by atomic mass is 10.0. The molecule has 0 aliphatic heterocycles. The van der Waals surface area contributed by atoms with Crippen LogP contribution in [0.3, 0.4) is 0 Å². The van der Waals surface area contributed by atoms with E-state index in [0.29, 0.717) is 0 Å². The molecular formula is C19H17O2+. The number of fused-ring (bicyclic) bond motifs is 1. The second kappa shape index (κ2) is 5.80. The van der Waals surface area contributed by atoms with E-state index < -0.39 is 0 Å². The highest BCUT2D eigenvalue weighted by Crippen LogP contribution is 2.27. The summed E-state index contributed by atoms with van der Waals surface area (Å²) >= 11 is 0. The Kier molecular flexibility index (Phi) is 3.69. The van der Waals surface area contributed by atoms with Crippen molar-refractivity contribution in [3.8, 4) is 5.75 Å². The van der Waals surface area contributed by atoms with Crippen LogP contribution in [0.1, 0.15) is 24.7 Å². The van der Waals surface area contributed by atoms with E-state index in [1.807, 2.05) is 54.6 Å². The number of aromatic hydroxyl groups is 1. The quantitative estimate of drug-likeness (QED) is 0.652. The van der Waals surface area contributed by atoms with Crippen LogP contribution in [0.15, 0.2) is 65.1 Å². The van der Waals surface area contributed by atoms with Crippen LogP contribution in [0.4, 0.5) is 0 Å². The molecule has 0 bridgehead atoms. The number of hydrogen-bond donors (Lipinski definition) is 1. The van der Waals surface area contributed by atoms with E-state index in [2.05, 4.69) is 13.0 Å². The van der Waals surface area contributed by atoms with Crippen molar-refractivity contribution in [2.24, 2.45) is 0 Å². The highest BCUT2D eigenvalue weighted by molar-refractivity contribution is 5.84. The molecule has 0 atom stereocenters. The minimum atomic E-state index is 0.282. The number of allylic oxidation sites excluding steroid dienone is 1. The largest absolute Gasteiger partial charge is 0.507 e. The first-order valence-electron chi connectivity index (χ1n) is 7.09. The minimum Gasteiger partial charge on any atom is -0.507 e. The fourth-order valence-corrected chi connectivity index (χ4v) is 2.35. The van der Waals surface area contributed by atoms with Crippen molar-refractivity contribution >= 4 is 22.6 Å². The van der Waals surface area contributed by atoms with Crippen molar-refractivity contribution in [3.63, 3.8) is 0 Å².